The summed E-state index contributed by atoms with van der Waals surface area (Å²) in [5.74, 6) is 0. The lowest BCUT2D eigenvalue weighted by molar-refractivity contribution is 0.581. The third-order valence-electron chi connectivity index (χ3n) is 3.11. The Morgan fingerprint density at radius 2 is 1.43 bits per heavy atom. The van der Waals surface area contributed by atoms with Crippen LogP contribution in [-0.4, -0.2) is 23.1 Å². The van der Waals surface area contributed by atoms with Gasteiger partial charge in [0.2, 0.25) is 10.0 Å². The SMILES string of the molecule is CS(=O)(=O)c1ccc(CNS(=O)(=O)c2ccc(C#N)cc2)cc1. The average Bonchev–Trinajstić information content (AvgIpc) is 2.53. The van der Waals surface area contributed by atoms with Gasteiger partial charge in [-0.15, -0.1) is 0 Å². The summed E-state index contributed by atoms with van der Waals surface area (Å²) in [6, 6.07) is 13.4. The van der Waals surface area contributed by atoms with Gasteiger partial charge in [0, 0.05) is 12.8 Å². The highest BCUT2D eigenvalue weighted by Gasteiger charge is 2.14. The number of nitriles is 1. The Morgan fingerprint density at radius 3 is 1.91 bits per heavy atom. The van der Waals surface area contributed by atoms with Gasteiger partial charge >= 0.3 is 0 Å². The molecule has 23 heavy (non-hydrogen) atoms. The Labute approximate surface area is 135 Å². The zero-order chi connectivity index (χ0) is 17.1. The molecule has 0 saturated carbocycles. The summed E-state index contributed by atoms with van der Waals surface area (Å²) in [6.45, 7) is 0.0341. The molecule has 0 radical (unpaired) electrons. The minimum atomic E-state index is -3.70. The molecular weight excluding hydrogens is 336 g/mol. The van der Waals surface area contributed by atoms with E-state index < -0.39 is 19.9 Å². The highest BCUT2D eigenvalue weighted by atomic mass is 32.2. The van der Waals surface area contributed by atoms with Crippen LogP contribution in [0.3, 0.4) is 0 Å². The minimum absolute atomic E-state index is 0.0341. The number of rotatable bonds is 5. The van der Waals surface area contributed by atoms with Crippen LogP contribution in [0.25, 0.3) is 0 Å². The first-order valence-electron chi connectivity index (χ1n) is 6.51. The van der Waals surface area contributed by atoms with Gasteiger partial charge in [-0.2, -0.15) is 5.26 Å². The molecular formula is C15H14N2O4S2. The summed E-state index contributed by atoms with van der Waals surface area (Å²) in [5, 5.41) is 8.71. The number of sulfonamides is 1. The molecule has 0 amide bonds. The lowest BCUT2D eigenvalue weighted by Crippen LogP contribution is -2.23. The molecule has 0 unspecified atom stereocenters. The van der Waals surface area contributed by atoms with Crippen molar-refractivity contribution in [2.75, 3.05) is 6.26 Å². The Balaban J connectivity index is 2.11. The molecule has 0 aromatic heterocycles. The second-order valence-electron chi connectivity index (χ2n) is 4.88. The third-order valence-corrected chi connectivity index (χ3v) is 5.66. The lowest BCUT2D eigenvalue weighted by Gasteiger charge is -2.07. The number of sulfone groups is 1. The summed E-state index contributed by atoms with van der Waals surface area (Å²) in [7, 11) is -6.98. The van der Waals surface area contributed by atoms with Gasteiger partial charge in [0.1, 0.15) is 0 Å². The monoisotopic (exact) mass is 350 g/mol. The van der Waals surface area contributed by atoms with Gasteiger partial charge in [-0.1, -0.05) is 12.1 Å². The predicted octanol–water partition coefficient (Wildman–Crippen LogP) is 1.44. The maximum atomic E-state index is 12.1. The molecule has 120 valence electrons. The molecule has 0 aliphatic rings. The van der Waals surface area contributed by atoms with E-state index in [1.807, 2.05) is 6.07 Å². The van der Waals surface area contributed by atoms with E-state index >= 15 is 0 Å². The van der Waals surface area contributed by atoms with E-state index in [1.54, 1.807) is 12.1 Å². The summed E-state index contributed by atoms with van der Waals surface area (Å²) in [5.41, 5.74) is 1.01. The van der Waals surface area contributed by atoms with Crippen molar-refractivity contribution in [2.24, 2.45) is 0 Å². The molecule has 0 aliphatic heterocycles. The van der Waals surface area contributed by atoms with Gasteiger partial charge in [-0.3, -0.25) is 0 Å². The maximum Gasteiger partial charge on any atom is 0.240 e. The van der Waals surface area contributed by atoms with Crippen LogP contribution in [0, 0.1) is 11.3 Å². The van der Waals surface area contributed by atoms with Crippen LogP contribution in [0.1, 0.15) is 11.1 Å². The van der Waals surface area contributed by atoms with Gasteiger partial charge in [0.05, 0.1) is 21.4 Å². The number of hydrogen-bond donors (Lipinski definition) is 1. The molecule has 6 nitrogen and oxygen atoms in total. The number of nitrogens with zero attached hydrogens (tertiary/aromatic N) is 1. The van der Waals surface area contributed by atoms with E-state index in [2.05, 4.69) is 4.72 Å². The van der Waals surface area contributed by atoms with Gasteiger partial charge in [-0.05, 0) is 42.0 Å². The predicted molar refractivity (Wildman–Crippen MR) is 84.7 cm³/mol. The lowest BCUT2D eigenvalue weighted by atomic mass is 10.2. The Morgan fingerprint density at radius 1 is 0.913 bits per heavy atom. The fourth-order valence-electron chi connectivity index (χ4n) is 1.82. The Bertz CT molecular complexity index is 940. The average molecular weight is 350 g/mol. The van der Waals surface area contributed by atoms with Crippen LogP contribution in [0.5, 0.6) is 0 Å². The van der Waals surface area contributed by atoms with Crippen molar-refractivity contribution in [1.82, 2.24) is 4.72 Å². The quantitative estimate of drug-likeness (QED) is 0.878. The van der Waals surface area contributed by atoms with Gasteiger partial charge in [-0.25, -0.2) is 21.6 Å². The normalized spacial score (nSPS) is 11.8. The summed E-state index contributed by atoms with van der Waals surface area (Å²) in [6.07, 6.45) is 1.11. The highest BCUT2D eigenvalue weighted by molar-refractivity contribution is 7.90. The molecule has 0 aliphatic carbocycles. The Hall–Kier alpha value is -2.21. The van der Waals surface area contributed by atoms with E-state index in [-0.39, 0.29) is 16.3 Å². The largest absolute Gasteiger partial charge is 0.240 e. The van der Waals surface area contributed by atoms with Crippen LogP contribution < -0.4 is 4.72 Å². The molecule has 2 aromatic carbocycles. The molecule has 0 bridgehead atoms. The van der Waals surface area contributed by atoms with E-state index in [0.29, 0.717) is 11.1 Å². The van der Waals surface area contributed by atoms with E-state index in [1.165, 1.54) is 36.4 Å². The first-order valence-corrected chi connectivity index (χ1v) is 9.89. The molecule has 2 aromatic rings. The molecule has 0 saturated heterocycles. The van der Waals surface area contributed by atoms with Crippen molar-refractivity contribution in [3.63, 3.8) is 0 Å². The standard InChI is InChI=1S/C15H14N2O4S2/c1-22(18,19)14-6-4-13(5-7-14)11-17-23(20,21)15-8-2-12(10-16)3-9-15/h2-9,17H,11H2,1H3. The van der Waals surface area contributed by atoms with Crippen molar-refractivity contribution in [1.29, 1.82) is 5.26 Å². The summed E-state index contributed by atoms with van der Waals surface area (Å²) in [4.78, 5) is 0.237. The highest BCUT2D eigenvalue weighted by Crippen LogP contribution is 2.13. The van der Waals surface area contributed by atoms with Crippen molar-refractivity contribution >= 4 is 19.9 Å². The number of nitrogens with one attached hydrogen (secondary N) is 1. The fraction of sp³-hybridized carbons (Fsp3) is 0.133. The molecule has 2 rings (SSSR count). The van der Waals surface area contributed by atoms with Crippen molar-refractivity contribution < 1.29 is 16.8 Å². The summed E-state index contributed by atoms with van der Waals surface area (Å²) >= 11 is 0. The zero-order valence-electron chi connectivity index (χ0n) is 12.2. The second kappa shape index (κ2) is 6.50. The fourth-order valence-corrected chi connectivity index (χ4v) is 3.47. The van der Waals surface area contributed by atoms with Crippen molar-refractivity contribution in [3.8, 4) is 6.07 Å². The molecule has 0 heterocycles. The maximum absolute atomic E-state index is 12.1. The molecule has 1 N–H and O–H groups in total. The van der Waals surface area contributed by atoms with Crippen molar-refractivity contribution in [2.45, 2.75) is 16.3 Å². The first kappa shape index (κ1) is 17.1. The van der Waals surface area contributed by atoms with Gasteiger partial charge in [0.15, 0.2) is 9.84 Å². The van der Waals surface area contributed by atoms with Crippen LogP contribution in [0.2, 0.25) is 0 Å². The molecule has 0 atom stereocenters. The minimum Gasteiger partial charge on any atom is -0.224 e. The van der Waals surface area contributed by atoms with E-state index in [0.717, 1.165) is 6.26 Å². The van der Waals surface area contributed by atoms with E-state index in [4.69, 9.17) is 5.26 Å². The topological polar surface area (TPSA) is 104 Å². The third kappa shape index (κ3) is 4.39. The van der Waals surface area contributed by atoms with E-state index in [9.17, 15) is 16.8 Å². The molecule has 8 heteroatoms. The van der Waals surface area contributed by atoms with Crippen LogP contribution in [0.4, 0.5) is 0 Å². The summed E-state index contributed by atoms with van der Waals surface area (Å²) < 4.78 is 49.4. The zero-order valence-corrected chi connectivity index (χ0v) is 13.9. The number of hydrogen-bond acceptors (Lipinski definition) is 5. The van der Waals surface area contributed by atoms with Crippen molar-refractivity contribution in [3.05, 3.63) is 59.7 Å². The van der Waals surface area contributed by atoms with Gasteiger partial charge < -0.3 is 0 Å². The molecule has 0 spiro atoms. The van der Waals surface area contributed by atoms with Crippen LogP contribution in [-0.2, 0) is 26.4 Å². The van der Waals surface area contributed by atoms with Crippen LogP contribution in [0.15, 0.2) is 58.3 Å². The number of benzene rings is 2. The van der Waals surface area contributed by atoms with Crippen LogP contribution >= 0.6 is 0 Å². The first-order chi connectivity index (χ1) is 10.7. The molecule has 0 fully saturated rings. The van der Waals surface area contributed by atoms with Gasteiger partial charge in [0.25, 0.3) is 0 Å². The second-order valence-corrected chi connectivity index (χ2v) is 8.66. The Kier molecular flexibility index (Phi) is 4.85. The smallest absolute Gasteiger partial charge is 0.224 e.